The van der Waals surface area contributed by atoms with Gasteiger partial charge in [-0.3, -0.25) is 0 Å². The molecule has 1 aliphatic heterocycles. The van der Waals surface area contributed by atoms with Crippen molar-refractivity contribution < 1.29 is 13.5 Å². The average Bonchev–Trinajstić information content (AvgIpc) is 1.99. The van der Waals surface area contributed by atoms with E-state index in [-0.39, 0.29) is 12.4 Å². The Hall–Kier alpha value is -0.130. The summed E-state index contributed by atoms with van der Waals surface area (Å²) in [4.78, 5) is 2.07. The number of aliphatic hydroxyl groups excluding tert-OH is 1. The fraction of sp³-hybridized carbons (Fsp3) is 1.00. The van der Waals surface area contributed by atoms with Gasteiger partial charge in [-0.1, -0.05) is 0 Å². The molecule has 0 aromatic rings. The van der Waals surface area contributed by atoms with Crippen LogP contribution in [0.1, 0.15) is 20.8 Å². The summed E-state index contributed by atoms with van der Waals surface area (Å²) < 4.78 is 22.9. The van der Waals surface area contributed by atoms with Gasteiger partial charge in [-0.05, 0) is 20.8 Å². The minimum Gasteiger partial charge on any atom is -0.396 e. The van der Waals surface area contributed by atoms with Gasteiger partial charge in [-0.25, -0.2) is 8.42 Å². The fourth-order valence-electron chi connectivity index (χ4n) is 1.53. The highest BCUT2D eigenvalue weighted by atomic mass is 32.2. The van der Waals surface area contributed by atoms with Gasteiger partial charge < -0.3 is 10.0 Å². The van der Waals surface area contributed by atoms with Crippen molar-refractivity contribution in [3.8, 4) is 0 Å². The van der Waals surface area contributed by atoms with Crippen LogP contribution in [0.25, 0.3) is 0 Å². The molecule has 0 spiro atoms. The van der Waals surface area contributed by atoms with E-state index in [4.69, 9.17) is 5.11 Å². The van der Waals surface area contributed by atoms with E-state index in [1.54, 1.807) is 20.8 Å². The van der Waals surface area contributed by atoms with E-state index in [1.807, 2.05) is 0 Å². The largest absolute Gasteiger partial charge is 0.396 e. The lowest BCUT2D eigenvalue weighted by atomic mass is 10.0. The number of rotatable bonds is 4. The van der Waals surface area contributed by atoms with E-state index < -0.39 is 14.6 Å². The molecule has 1 aliphatic rings. The summed E-state index contributed by atoms with van der Waals surface area (Å²) in [6.45, 7) is 7.66. The summed E-state index contributed by atoms with van der Waals surface area (Å²) in [7, 11) is -3.00. The zero-order valence-corrected chi connectivity index (χ0v) is 10.5. The molecule has 0 aromatic heterocycles. The first-order valence-corrected chi connectivity index (χ1v) is 6.97. The summed E-state index contributed by atoms with van der Waals surface area (Å²) in [5.41, 5.74) is 0. The Bertz CT molecular complexity index is 299. The number of likely N-dealkylation sites (tertiary alicyclic amines) is 1. The maximum absolute atomic E-state index is 11.8. The lowest BCUT2D eigenvalue weighted by molar-refractivity contribution is 0.0592. The van der Waals surface area contributed by atoms with Crippen molar-refractivity contribution in [3.05, 3.63) is 0 Å². The quantitative estimate of drug-likeness (QED) is 0.752. The highest BCUT2D eigenvalue weighted by Crippen LogP contribution is 2.18. The normalized spacial score (nSPS) is 20.3. The summed E-state index contributed by atoms with van der Waals surface area (Å²) in [5, 5.41) is 8.82. The van der Waals surface area contributed by atoms with Crippen LogP contribution >= 0.6 is 0 Å². The van der Waals surface area contributed by atoms with Crippen molar-refractivity contribution in [2.45, 2.75) is 25.5 Å². The Morgan fingerprint density at radius 1 is 1.33 bits per heavy atom. The lowest BCUT2D eigenvalue weighted by Crippen LogP contribution is -2.50. The van der Waals surface area contributed by atoms with Crippen molar-refractivity contribution in [2.24, 2.45) is 5.92 Å². The summed E-state index contributed by atoms with van der Waals surface area (Å²) in [6.07, 6.45) is 0. The molecule has 1 fully saturated rings. The number of sulfone groups is 1. The van der Waals surface area contributed by atoms with Crippen LogP contribution in [0.3, 0.4) is 0 Å². The summed E-state index contributed by atoms with van der Waals surface area (Å²) in [6, 6.07) is 0. The van der Waals surface area contributed by atoms with E-state index >= 15 is 0 Å². The fourth-order valence-corrected chi connectivity index (χ4v) is 2.64. The van der Waals surface area contributed by atoms with Gasteiger partial charge in [-0.15, -0.1) is 0 Å². The molecule has 1 saturated heterocycles. The number of hydrogen-bond donors (Lipinski definition) is 1. The van der Waals surface area contributed by atoms with Crippen LogP contribution in [0.15, 0.2) is 0 Å². The van der Waals surface area contributed by atoms with Gasteiger partial charge in [-0.2, -0.15) is 0 Å². The minimum atomic E-state index is -3.00. The van der Waals surface area contributed by atoms with Gasteiger partial charge in [0.15, 0.2) is 9.84 Å². The van der Waals surface area contributed by atoms with Gasteiger partial charge >= 0.3 is 0 Å². The number of nitrogens with zero attached hydrogens (tertiary/aromatic N) is 1. The molecule has 0 amide bonds. The molecule has 0 aliphatic carbocycles. The third kappa shape index (κ3) is 3.16. The number of hydrogen-bond acceptors (Lipinski definition) is 4. The van der Waals surface area contributed by atoms with Crippen LogP contribution in [0.5, 0.6) is 0 Å². The monoisotopic (exact) mass is 235 g/mol. The second kappa shape index (κ2) is 4.39. The first-order chi connectivity index (χ1) is 6.76. The molecule has 1 heterocycles. The number of aliphatic hydroxyl groups is 1. The van der Waals surface area contributed by atoms with Crippen LogP contribution < -0.4 is 0 Å². The van der Waals surface area contributed by atoms with Crippen molar-refractivity contribution in [3.63, 3.8) is 0 Å². The predicted octanol–water partition coefficient (Wildman–Crippen LogP) is 0.124. The SMILES string of the molecule is CC(C)(C)S(=O)(=O)CCN1CC(CO)C1. The Labute approximate surface area is 92.2 Å². The summed E-state index contributed by atoms with van der Waals surface area (Å²) in [5.74, 6) is 0.566. The third-order valence-electron chi connectivity index (χ3n) is 2.90. The van der Waals surface area contributed by atoms with E-state index in [9.17, 15) is 8.42 Å². The van der Waals surface area contributed by atoms with Crippen LogP contribution in [0.4, 0.5) is 0 Å². The zero-order valence-electron chi connectivity index (χ0n) is 9.73. The van der Waals surface area contributed by atoms with Gasteiger partial charge in [0.05, 0.1) is 10.5 Å². The van der Waals surface area contributed by atoms with Crippen LogP contribution in [0, 0.1) is 5.92 Å². The van der Waals surface area contributed by atoms with Gasteiger partial charge in [0.25, 0.3) is 0 Å². The van der Waals surface area contributed by atoms with Crippen LogP contribution in [-0.2, 0) is 9.84 Å². The highest BCUT2D eigenvalue weighted by molar-refractivity contribution is 7.92. The van der Waals surface area contributed by atoms with Crippen LogP contribution in [0.2, 0.25) is 0 Å². The molecule has 1 N–H and O–H groups in total. The molecule has 0 bridgehead atoms. The zero-order chi connectivity index (χ0) is 11.7. The van der Waals surface area contributed by atoms with Gasteiger partial charge in [0.2, 0.25) is 0 Å². The lowest BCUT2D eigenvalue weighted by Gasteiger charge is -2.38. The van der Waals surface area contributed by atoms with Crippen LogP contribution in [-0.4, -0.2) is 55.2 Å². The smallest absolute Gasteiger partial charge is 0.156 e. The molecule has 0 radical (unpaired) electrons. The Kier molecular flexibility index (Phi) is 3.79. The van der Waals surface area contributed by atoms with E-state index in [0.29, 0.717) is 12.5 Å². The molecular weight excluding hydrogens is 214 g/mol. The van der Waals surface area contributed by atoms with Crippen molar-refractivity contribution >= 4 is 9.84 Å². The van der Waals surface area contributed by atoms with E-state index in [2.05, 4.69) is 4.90 Å². The highest BCUT2D eigenvalue weighted by Gasteiger charge is 2.31. The molecule has 5 heteroatoms. The Morgan fingerprint density at radius 3 is 2.27 bits per heavy atom. The second-order valence-electron chi connectivity index (χ2n) is 5.24. The first kappa shape index (κ1) is 12.9. The Balaban J connectivity index is 2.33. The van der Waals surface area contributed by atoms with Gasteiger partial charge in [0, 0.05) is 32.2 Å². The summed E-state index contributed by atoms with van der Waals surface area (Å²) >= 11 is 0. The molecule has 0 unspecified atom stereocenters. The third-order valence-corrected chi connectivity index (χ3v) is 5.49. The van der Waals surface area contributed by atoms with Crippen molar-refractivity contribution in [1.29, 1.82) is 0 Å². The molecule has 0 aromatic carbocycles. The molecule has 15 heavy (non-hydrogen) atoms. The second-order valence-corrected chi connectivity index (χ2v) is 8.10. The molecular formula is C10H21NO3S. The van der Waals surface area contributed by atoms with Crippen molar-refractivity contribution in [2.75, 3.05) is 32.0 Å². The molecule has 4 nitrogen and oxygen atoms in total. The first-order valence-electron chi connectivity index (χ1n) is 5.32. The van der Waals surface area contributed by atoms with E-state index in [0.717, 1.165) is 13.1 Å². The van der Waals surface area contributed by atoms with Gasteiger partial charge in [0.1, 0.15) is 0 Å². The maximum Gasteiger partial charge on any atom is 0.156 e. The maximum atomic E-state index is 11.8. The molecule has 0 atom stereocenters. The Morgan fingerprint density at radius 2 is 1.87 bits per heavy atom. The van der Waals surface area contributed by atoms with Crippen molar-refractivity contribution in [1.82, 2.24) is 4.90 Å². The standard InChI is InChI=1S/C10H21NO3S/c1-10(2,3)15(13,14)5-4-11-6-9(7-11)8-12/h9,12H,4-8H2,1-3H3. The molecule has 0 saturated carbocycles. The minimum absolute atomic E-state index is 0.211. The topological polar surface area (TPSA) is 57.6 Å². The van der Waals surface area contributed by atoms with E-state index in [1.165, 1.54) is 0 Å². The molecule has 90 valence electrons. The predicted molar refractivity (Wildman–Crippen MR) is 60.6 cm³/mol. The molecule has 1 rings (SSSR count). The average molecular weight is 235 g/mol.